The molecule has 5 rings (SSSR count). The van der Waals surface area contributed by atoms with Gasteiger partial charge in [0.25, 0.3) is 5.91 Å². The smallest absolute Gasteiger partial charge is 0.254 e. The summed E-state index contributed by atoms with van der Waals surface area (Å²) in [4.78, 5) is 32.3. The van der Waals surface area contributed by atoms with Crippen molar-refractivity contribution in [3.63, 3.8) is 0 Å². The summed E-state index contributed by atoms with van der Waals surface area (Å²) in [5, 5.41) is 12.9. The summed E-state index contributed by atoms with van der Waals surface area (Å²) in [7, 11) is 0. The maximum absolute atomic E-state index is 13.5. The molecule has 0 unspecified atom stereocenters. The monoisotopic (exact) mass is 425 g/mol. The molecule has 0 radical (unpaired) electrons. The van der Waals surface area contributed by atoms with Gasteiger partial charge < -0.3 is 10.6 Å². The van der Waals surface area contributed by atoms with Gasteiger partial charge in [-0.3, -0.25) is 14.9 Å². The zero-order chi connectivity index (χ0) is 21.5. The number of aromatic nitrogens is 4. The average molecular weight is 425 g/mol. The lowest BCUT2D eigenvalue weighted by molar-refractivity contribution is -0.124. The fraction of sp³-hybridized carbons (Fsp3) is 0.250. The Morgan fingerprint density at radius 3 is 2.74 bits per heavy atom. The summed E-state index contributed by atoms with van der Waals surface area (Å²) in [6, 6.07) is 3.93. The Balaban J connectivity index is 1.48. The molecule has 1 saturated carbocycles. The van der Waals surface area contributed by atoms with Crippen LogP contribution in [0.1, 0.15) is 30.4 Å². The van der Waals surface area contributed by atoms with Crippen molar-refractivity contribution in [2.45, 2.75) is 31.8 Å². The number of benzene rings is 1. The van der Waals surface area contributed by atoms with Crippen LogP contribution in [0.2, 0.25) is 0 Å². The molecule has 0 spiro atoms. The fourth-order valence-corrected chi connectivity index (χ4v) is 3.22. The molecular weight excluding hydrogens is 408 g/mol. The molecule has 11 heteroatoms. The lowest BCUT2D eigenvalue weighted by Crippen LogP contribution is -2.19. The molecule has 2 aliphatic rings. The topological polar surface area (TPSA) is 113 Å². The van der Waals surface area contributed by atoms with Crippen LogP contribution < -0.4 is 16.0 Å². The first-order valence-electron chi connectivity index (χ1n) is 9.71. The summed E-state index contributed by atoms with van der Waals surface area (Å²) in [5.41, 5.74) is 1.84. The third-order valence-electron chi connectivity index (χ3n) is 4.97. The molecule has 0 atom stereocenters. The first-order chi connectivity index (χ1) is 15.0. The summed E-state index contributed by atoms with van der Waals surface area (Å²) in [6.07, 6.45) is 5.16. The van der Waals surface area contributed by atoms with Gasteiger partial charge in [0, 0.05) is 23.7 Å². The number of imide groups is 1. The van der Waals surface area contributed by atoms with Gasteiger partial charge >= 0.3 is 0 Å². The Kier molecular flexibility index (Phi) is 4.57. The summed E-state index contributed by atoms with van der Waals surface area (Å²) in [6.45, 7) is 0.178. The molecule has 1 aromatic carbocycles. The SMILES string of the molecule is O=C1C/C(=C\c2cnn3c(NC4CC4)nc(NCc4ccc(F)c(F)c4)nc23)C(=O)N1. The summed E-state index contributed by atoms with van der Waals surface area (Å²) < 4.78 is 28.2. The summed E-state index contributed by atoms with van der Waals surface area (Å²) >= 11 is 0. The molecular formula is C20H17F2N7O2. The second-order valence-electron chi connectivity index (χ2n) is 7.45. The van der Waals surface area contributed by atoms with E-state index in [1.165, 1.54) is 10.6 Å². The molecule has 158 valence electrons. The molecule has 3 N–H and O–H groups in total. The van der Waals surface area contributed by atoms with Crippen LogP contribution in [0, 0.1) is 11.6 Å². The minimum atomic E-state index is -0.930. The van der Waals surface area contributed by atoms with E-state index in [0.29, 0.717) is 34.3 Å². The molecule has 3 heterocycles. The van der Waals surface area contributed by atoms with Gasteiger partial charge in [-0.2, -0.15) is 19.6 Å². The van der Waals surface area contributed by atoms with Gasteiger partial charge in [-0.25, -0.2) is 8.78 Å². The van der Waals surface area contributed by atoms with E-state index >= 15 is 0 Å². The molecule has 31 heavy (non-hydrogen) atoms. The molecule has 2 amide bonds. The standard InChI is InChI=1S/C20H17F2N7O2/c21-14-4-1-10(5-15(14)22)8-23-19-27-17-12(6-11-7-16(30)26-18(11)31)9-24-29(17)20(28-19)25-13-2-3-13/h1,4-6,9,13H,2-3,7-8H2,(H,26,30,31)(H2,23,25,27,28)/b11-6+. The van der Waals surface area contributed by atoms with Crippen molar-refractivity contribution in [3.05, 3.63) is 52.7 Å². The highest BCUT2D eigenvalue weighted by atomic mass is 19.2. The molecule has 9 nitrogen and oxygen atoms in total. The van der Waals surface area contributed by atoms with E-state index < -0.39 is 17.5 Å². The maximum Gasteiger partial charge on any atom is 0.254 e. The number of nitrogens with zero attached hydrogens (tertiary/aromatic N) is 4. The minimum absolute atomic E-state index is 0.00429. The van der Waals surface area contributed by atoms with Crippen LogP contribution in [0.25, 0.3) is 11.7 Å². The van der Waals surface area contributed by atoms with Crippen molar-refractivity contribution in [2.24, 2.45) is 0 Å². The van der Waals surface area contributed by atoms with Gasteiger partial charge in [-0.1, -0.05) is 6.07 Å². The van der Waals surface area contributed by atoms with Crippen LogP contribution >= 0.6 is 0 Å². The lowest BCUT2D eigenvalue weighted by Gasteiger charge is -2.10. The highest BCUT2D eigenvalue weighted by molar-refractivity contribution is 6.15. The second-order valence-corrected chi connectivity index (χ2v) is 7.45. The van der Waals surface area contributed by atoms with Gasteiger partial charge in [-0.15, -0.1) is 0 Å². The molecule has 2 fully saturated rings. The molecule has 2 aromatic heterocycles. The van der Waals surface area contributed by atoms with E-state index in [-0.39, 0.29) is 24.8 Å². The van der Waals surface area contributed by atoms with Crippen LogP contribution in [0.4, 0.5) is 20.7 Å². The van der Waals surface area contributed by atoms with E-state index in [2.05, 4.69) is 31.0 Å². The lowest BCUT2D eigenvalue weighted by atomic mass is 10.1. The number of nitrogens with one attached hydrogen (secondary N) is 3. The van der Waals surface area contributed by atoms with Gasteiger partial charge in [0.15, 0.2) is 17.3 Å². The Bertz CT molecular complexity index is 1250. The Morgan fingerprint density at radius 2 is 2.03 bits per heavy atom. The van der Waals surface area contributed by atoms with E-state index in [4.69, 9.17) is 0 Å². The first kappa shape index (κ1) is 19.1. The van der Waals surface area contributed by atoms with Crippen LogP contribution in [-0.2, 0) is 16.1 Å². The van der Waals surface area contributed by atoms with Crippen molar-refractivity contribution >= 4 is 35.4 Å². The van der Waals surface area contributed by atoms with Crippen molar-refractivity contribution in [1.82, 2.24) is 24.9 Å². The number of amides is 2. The minimum Gasteiger partial charge on any atom is -0.351 e. The molecule has 3 aromatic rings. The zero-order valence-electron chi connectivity index (χ0n) is 16.2. The summed E-state index contributed by atoms with van der Waals surface area (Å²) in [5.74, 6) is -1.91. The van der Waals surface area contributed by atoms with Crippen LogP contribution in [0.15, 0.2) is 30.0 Å². The van der Waals surface area contributed by atoms with Crippen molar-refractivity contribution in [1.29, 1.82) is 0 Å². The Hall–Kier alpha value is -3.89. The van der Waals surface area contributed by atoms with E-state index in [1.54, 1.807) is 12.3 Å². The molecule has 1 aliphatic heterocycles. The van der Waals surface area contributed by atoms with Crippen LogP contribution in [-0.4, -0.2) is 37.4 Å². The zero-order valence-corrected chi connectivity index (χ0v) is 16.2. The van der Waals surface area contributed by atoms with Crippen molar-refractivity contribution in [2.75, 3.05) is 10.6 Å². The van der Waals surface area contributed by atoms with Crippen molar-refractivity contribution in [3.8, 4) is 0 Å². The van der Waals surface area contributed by atoms with Crippen molar-refractivity contribution < 1.29 is 18.4 Å². The van der Waals surface area contributed by atoms with Crippen LogP contribution in [0.5, 0.6) is 0 Å². The Morgan fingerprint density at radius 1 is 1.19 bits per heavy atom. The van der Waals surface area contributed by atoms with E-state index in [1.807, 2.05) is 0 Å². The predicted octanol–water partition coefficient (Wildman–Crippen LogP) is 2.02. The molecule has 0 bridgehead atoms. The van der Waals surface area contributed by atoms with Gasteiger partial charge in [0.05, 0.1) is 12.6 Å². The largest absolute Gasteiger partial charge is 0.351 e. The normalized spacial score (nSPS) is 17.4. The van der Waals surface area contributed by atoms with E-state index in [0.717, 1.165) is 25.0 Å². The number of hydrogen-bond acceptors (Lipinski definition) is 7. The van der Waals surface area contributed by atoms with E-state index in [9.17, 15) is 18.4 Å². The number of halogens is 2. The number of carbonyl (C=O) groups excluding carboxylic acids is 2. The Labute approximate surface area is 174 Å². The number of rotatable bonds is 6. The third-order valence-corrected chi connectivity index (χ3v) is 4.97. The molecule has 1 aliphatic carbocycles. The second kappa shape index (κ2) is 7.42. The number of hydrogen-bond donors (Lipinski definition) is 3. The van der Waals surface area contributed by atoms with Gasteiger partial charge in [0.1, 0.15) is 0 Å². The quantitative estimate of drug-likeness (QED) is 0.409. The van der Waals surface area contributed by atoms with Gasteiger partial charge in [0.2, 0.25) is 17.8 Å². The highest BCUT2D eigenvalue weighted by Crippen LogP contribution is 2.26. The average Bonchev–Trinajstić information content (AvgIpc) is 3.37. The number of carbonyl (C=O) groups is 2. The number of anilines is 2. The number of fused-ring (bicyclic) bond motifs is 1. The molecule has 1 saturated heterocycles. The highest BCUT2D eigenvalue weighted by Gasteiger charge is 2.26. The fourth-order valence-electron chi connectivity index (χ4n) is 3.22. The van der Waals surface area contributed by atoms with Gasteiger partial charge in [-0.05, 0) is 36.6 Å². The van der Waals surface area contributed by atoms with Crippen LogP contribution in [0.3, 0.4) is 0 Å². The third kappa shape index (κ3) is 3.93. The predicted molar refractivity (Wildman–Crippen MR) is 107 cm³/mol. The first-order valence-corrected chi connectivity index (χ1v) is 9.71. The maximum atomic E-state index is 13.5.